The maximum atomic E-state index is 10.8. The van der Waals surface area contributed by atoms with Crippen molar-refractivity contribution in [3.8, 4) is 5.75 Å². The average molecular weight is 277 g/mol. The second-order valence-electron chi connectivity index (χ2n) is 4.19. The van der Waals surface area contributed by atoms with Gasteiger partial charge in [-0.2, -0.15) is 5.10 Å². The number of nitrogens with zero attached hydrogens (tertiary/aromatic N) is 4. The number of nitro groups is 1. The van der Waals surface area contributed by atoms with E-state index in [4.69, 9.17) is 4.74 Å². The summed E-state index contributed by atoms with van der Waals surface area (Å²) in [6.07, 6.45) is 1.62. The minimum Gasteiger partial charge on any atom is -0.496 e. The van der Waals surface area contributed by atoms with Crippen LogP contribution in [0.1, 0.15) is 11.4 Å². The molecule has 0 radical (unpaired) electrons. The molecule has 0 aliphatic heterocycles. The number of nitro benzene ring substituents is 1. The minimum absolute atomic E-state index is 0.0403. The predicted molar refractivity (Wildman–Crippen MR) is 71.2 cm³/mol. The van der Waals surface area contributed by atoms with E-state index < -0.39 is 4.92 Å². The van der Waals surface area contributed by atoms with Crippen molar-refractivity contribution in [2.45, 2.75) is 13.1 Å². The van der Waals surface area contributed by atoms with Gasteiger partial charge in [0.25, 0.3) is 5.69 Å². The van der Waals surface area contributed by atoms with Crippen LogP contribution in [0, 0.1) is 10.1 Å². The van der Waals surface area contributed by atoms with Crippen LogP contribution in [0.15, 0.2) is 24.5 Å². The van der Waals surface area contributed by atoms with Gasteiger partial charge in [0.1, 0.15) is 12.1 Å². The normalized spacial score (nSPS) is 10.5. The highest BCUT2D eigenvalue weighted by Gasteiger charge is 2.11. The summed E-state index contributed by atoms with van der Waals surface area (Å²) < 4.78 is 6.81. The summed E-state index contributed by atoms with van der Waals surface area (Å²) in [6.45, 7) is 0.912. The lowest BCUT2D eigenvalue weighted by atomic mass is 10.1. The number of methoxy groups -OCH3 is 1. The van der Waals surface area contributed by atoms with Gasteiger partial charge in [-0.25, -0.2) is 4.98 Å². The van der Waals surface area contributed by atoms with Gasteiger partial charge in [-0.3, -0.25) is 14.8 Å². The highest BCUT2D eigenvalue weighted by atomic mass is 16.6. The quantitative estimate of drug-likeness (QED) is 0.625. The number of hydrogen-bond acceptors (Lipinski definition) is 6. The van der Waals surface area contributed by atoms with Gasteiger partial charge in [0.05, 0.1) is 18.6 Å². The Kier molecular flexibility index (Phi) is 4.26. The molecular formula is C12H15N5O3. The molecular weight excluding hydrogens is 262 g/mol. The number of rotatable bonds is 6. The Morgan fingerprint density at radius 3 is 2.85 bits per heavy atom. The van der Waals surface area contributed by atoms with Gasteiger partial charge in [0.2, 0.25) is 0 Å². The zero-order valence-corrected chi connectivity index (χ0v) is 11.2. The van der Waals surface area contributed by atoms with Gasteiger partial charge in [0.15, 0.2) is 5.82 Å². The van der Waals surface area contributed by atoms with E-state index in [0.29, 0.717) is 24.7 Å². The van der Waals surface area contributed by atoms with Gasteiger partial charge < -0.3 is 10.1 Å². The van der Waals surface area contributed by atoms with Gasteiger partial charge in [-0.15, -0.1) is 0 Å². The van der Waals surface area contributed by atoms with Crippen LogP contribution in [0.5, 0.6) is 5.75 Å². The molecule has 8 heteroatoms. The lowest BCUT2D eigenvalue weighted by molar-refractivity contribution is -0.384. The third kappa shape index (κ3) is 3.29. The van der Waals surface area contributed by atoms with Crippen LogP contribution >= 0.6 is 0 Å². The van der Waals surface area contributed by atoms with Crippen molar-refractivity contribution >= 4 is 5.69 Å². The Bertz CT molecular complexity index is 611. The number of hydrogen-bond donors (Lipinski definition) is 1. The lowest BCUT2D eigenvalue weighted by Crippen LogP contribution is -2.14. The Labute approximate surface area is 115 Å². The van der Waals surface area contributed by atoms with Crippen molar-refractivity contribution in [2.24, 2.45) is 7.05 Å². The molecule has 0 bridgehead atoms. The van der Waals surface area contributed by atoms with Crippen molar-refractivity contribution in [3.63, 3.8) is 0 Å². The number of nitrogens with one attached hydrogen (secondary N) is 1. The van der Waals surface area contributed by atoms with E-state index in [1.54, 1.807) is 24.1 Å². The van der Waals surface area contributed by atoms with E-state index in [1.165, 1.54) is 19.2 Å². The molecule has 0 unspecified atom stereocenters. The summed E-state index contributed by atoms with van der Waals surface area (Å²) in [5.41, 5.74) is 0.760. The van der Waals surface area contributed by atoms with Crippen molar-refractivity contribution in [2.75, 3.05) is 7.11 Å². The molecule has 106 valence electrons. The Morgan fingerprint density at radius 1 is 1.45 bits per heavy atom. The van der Waals surface area contributed by atoms with Crippen LogP contribution in [0.25, 0.3) is 0 Å². The molecule has 0 spiro atoms. The number of aromatic nitrogens is 3. The molecule has 0 aliphatic rings. The fraction of sp³-hybridized carbons (Fsp3) is 0.333. The first kappa shape index (κ1) is 13.9. The number of aryl methyl sites for hydroxylation is 1. The standard InChI is InChI=1S/C12H15N5O3/c1-16-8-14-12(15-16)7-13-6-9-5-10(17(18)19)3-4-11(9)20-2/h3-5,8,13H,6-7H2,1-2H3. The molecule has 20 heavy (non-hydrogen) atoms. The maximum absolute atomic E-state index is 10.8. The highest BCUT2D eigenvalue weighted by Crippen LogP contribution is 2.23. The van der Waals surface area contributed by atoms with E-state index in [-0.39, 0.29) is 5.69 Å². The number of benzene rings is 1. The molecule has 0 aliphatic carbocycles. The molecule has 1 heterocycles. The zero-order chi connectivity index (χ0) is 14.5. The first-order chi connectivity index (χ1) is 9.60. The third-order valence-electron chi connectivity index (χ3n) is 2.72. The highest BCUT2D eigenvalue weighted by molar-refractivity contribution is 5.43. The molecule has 0 fully saturated rings. The monoisotopic (exact) mass is 277 g/mol. The molecule has 0 saturated carbocycles. The molecule has 1 aromatic heterocycles. The second-order valence-corrected chi connectivity index (χ2v) is 4.19. The predicted octanol–water partition coefficient (Wildman–Crippen LogP) is 1.02. The minimum atomic E-state index is -0.427. The fourth-order valence-corrected chi connectivity index (χ4v) is 1.79. The Balaban J connectivity index is 2.03. The van der Waals surface area contributed by atoms with Crippen molar-refractivity contribution in [3.05, 3.63) is 46.0 Å². The maximum Gasteiger partial charge on any atom is 0.270 e. The molecule has 2 rings (SSSR count). The van der Waals surface area contributed by atoms with E-state index in [9.17, 15) is 10.1 Å². The van der Waals surface area contributed by atoms with Gasteiger partial charge >= 0.3 is 0 Å². The van der Waals surface area contributed by atoms with Crippen molar-refractivity contribution in [1.82, 2.24) is 20.1 Å². The smallest absolute Gasteiger partial charge is 0.270 e. The zero-order valence-electron chi connectivity index (χ0n) is 11.2. The van der Waals surface area contributed by atoms with Crippen LogP contribution in [0.2, 0.25) is 0 Å². The van der Waals surface area contributed by atoms with E-state index >= 15 is 0 Å². The van der Waals surface area contributed by atoms with Crippen LogP contribution in [0.4, 0.5) is 5.69 Å². The average Bonchev–Trinajstić information content (AvgIpc) is 2.84. The molecule has 1 aromatic carbocycles. The van der Waals surface area contributed by atoms with E-state index in [0.717, 1.165) is 5.56 Å². The largest absolute Gasteiger partial charge is 0.496 e. The van der Waals surface area contributed by atoms with E-state index in [2.05, 4.69) is 15.4 Å². The van der Waals surface area contributed by atoms with Crippen LogP contribution in [0.3, 0.4) is 0 Å². The summed E-state index contributed by atoms with van der Waals surface area (Å²) in [7, 11) is 3.32. The van der Waals surface area contributed by atoms with Gasteiger partial charge in [0, 0.05) is 31.3 Å². The van der Waals surface area contributed by atoms with Crippen molar-refractivity contribution < 1.29 is 9.66 Å². The number of ether oxygens (including phenoxy) is 1. The van der Waals surface area contributed by atoms with Crippen LogP contribution in [-0.4, -0.2) is 26.8 Å². The van der Waals surface area contributed by atoms with Crippen LogP contribution < -0.4 is 10.1 Å². The summed E-state index contributed by atoms with van der Waals surface area (Å²) in [5.74, 6) is 1.27. The molecule has 1 N–H and O–H groups in total. The lowest BCUT2D eigenvalue weighted by Gasteiger charge is -2.08. The van der Waals surface area contributed by atoms with Gasteiger partial charge in [-0.05, 0) is 6.07 Å². The summed E-state index contributed by atoms with van der Waals surface area (Å²) in [5, 5.41) is 18.0. The first-order valence-electron chi connectivity index (χ1n) is 5.96. The van der Waals surface area contributed by atoms with Crippen molar-refractivity contribution in [1.29, 1.82) is 0 Å². The Morgan fingerprint density at radius 2 is 2.25 bits per heavy atom. The third-order valence-corrected chi connectivity index (χ3v) is 2.72. The molecule has 0 atom stereocenters. The van der Waals surface area contributed by atoms with Crippen LogP contribution in [-0.2, 0) is 20.1 Å². The topological polar surface area (TPSA) is 95.1 Å². The second kappa shape index (κ2) is 6.11. The van der Waals surface area contributed by atoms with E-state index in [1.807, 2.05) is 0 Å². The SMILES string of the molecule is COc1ccc([N+](=O)[O-])cc1CNCc1ncn(C)n1. The molecule has 0 amide bonds. The summed E-state index contributed by atoms with van der Waals surface area (Å²) in [4.78, 5) is 14.4. The Hall–Kier alpha value is -2.48. The molecule has 2 aromatic rings. The summed E-state index contributed by atoms with van der Waals surface area (Å²) in [6, 6.07) is 4.51. The summed E-state index contributed by atoms with van der Waals surface area (Å²) >= 11 is 0. The number of non-ortho nitro benzene ring substituents is 1. The molecule has 0 saturated heterocycles. The molecule has 8 nitrogen and oxygen atoms in total. The first-order valence-corrected chi connectivity index (χ1v) is 5.96. The fourth-order valence-electron chi connectivity index (χ4n) is 1.79. The van der Waals surface area contributed by atoms with Gasteiger partial charge in [-0.1, -0.05) is 0 Å².